The Labute approximate surface area is 129 Å². The molecule has 0 rings (SSSR count). The number of rotatable bonds is 6. The van der Waals surface area contributed by atoms with Crippen LogP contribution < -0.4 is 20.9 Å². The molecule has 0 saturated heterocycles. The van der Waals surface area contributed by atoms with E-state index in [2.05, 4.69) is 83.2 Å². The van der Waals surface area contributed by atoms with Crippen LogP contribution in [0.2, 0.25) is 0 Å². The van der Waals surface area contributed by atoms with E-state index in [-0.39, 0.29) is 22.4 Å². The van der Waals surface area contributed by atoms with Gasteiger partial charge in [0.25, 0.3) is 0 Å². The van der Waals surface area contributed by atoms with Crippen LogP contribution in [-0.4, -0.2) is 39.4 Å². The Balaban J connectivity index is 5.38. The van der Waals surface area contributed by atoms with Gasteiger partial charge in [0.15, 0.2) is 0 Å². The van der Waals surface area contributed by atoms with E-state index in [1.807, 2.05) is 0 Å². The van der Waals surface area contributed by atoms with Crippen molar-refractivity contribution in [3.05, 3.63) is 0 Å². The van der Waals surface area contributed by atoms with E-state index >= 15 is 0 Å². The lowest BCUT2D eigenvalue weighted by Gasteiger charge is -2.49. The molecule has 5 heteroatoms. The van der Waals surface area contributed by atoms with Crippen LogP contribution in [0, 0.1) is 0 Å². The van der Waals surface area contributed by atoms with Gasteiger partial charge in [-0.1, -0.05) is 0 Å². The summed E-state index contributed by atoms with van der Waals surface area (Å²) in [7, 11) is 1.02. The van der Waals surface area contributed by atoms with Gasteiger partial charge in [-0.3, -0.25) is 16.0 Å². The second-order valence-electron chi connectivity index (χ2n) is 8.88. The van der Waals surface area contributed by atoms with Crippen molar-refractivity contribution < 1.29 is 0 Å². The first-order valence-electron chi connectivity index (χ1n) is 7.71. The molecule has 4 nitrogen and oxygen atoms in total. The predicted octanol–water partition coefficient (Wildman–Crippen LogP) is 1.06. The Kier molecular flexibility index (Phi) is 6.90. The molecule has 0 heterocycles. The maximum absolute atomic E-state index is 3.77. The molecular formula is C15H38N4Si. The summed E-state index contributed by atoms with van der Waals surface area (Å²) in [5.74, 6) is -0.286. The fourth-order valence-corrected chi connectivity index (χ4v) is 2.76. The van der Waals surface area contributed by atoms with Crippen molar-refractivity contribution in [2.24, 2.45) is 0 Å². The fraction of sp³-hybridized carbons (Fsp3) is 1.00. The van der Waals surface area contributed by atoms with Crippen LogP contribution in [0.15, 0.2) is 0 Å². The van der Waals surface area contributed by atoms with Crippen LogP contribution in [0.3, 0.4) is 0 Å². The topological polar surface area (TPSA) is 48.1 Å². The summed E-state index contributed by atoms with van der Waals surface area (Å²) in [6, 6.07) is 0. The molecule has 0 aliphatic rings. The summed E-state index contributed by atoms with van der Waals surface area (Å²) >= 11 is 0. The molecule has 122 valence electrons. The highest BCUT2D eigenvalue weighted by molar-refractivity contribution is 6.04. The van der Waals surface area contributed by atoms with Crippen molar-refractivity contribution >= 4 is 10.4 Å². The molecule has 0 aliphatic heterocycles. The Hall–Kier alpha value is 0.0569. The molecule has 0 bridgehead atoms. The third-order valence-electron chi connectivity index (χ3n) is 2.52. The lowest BCUT2D eigenvalue weighted by molar-refractivity contribution is 0.0760. The average molecular weight is 303 g/mol. The average Bonchev–Trinajstić information content (AvgIpc) is 2.05. The van der Waals surface area contributed by atoms with E-state index in [1.54, 1.807) is 0 Å². The van der Waals surface area contributed by atoms with Gasteiger partial charge in [-0.2, -0.15) is 0 Å². The lowest BCUT2D eigenvalue weighted by atomic mass is 9.98. The number of nitrogens with one attached hydrogen (secondary N) is 4. The first-order chi connectivity index (χ1) is 8.68. The van der Waals surface area contributed by atoms with Gasteiger partial charge in [0.2, 0.25) is 0 Å². The molecule has 4 N–H and O–H groups in total. The molecule has 0 aromatic heterocycles. The number of hydrogen-bond acceptors (Lipinski definition) is 4. The second kappa shape index (κ2) is 6.88. The van der Waals surface area contributed by atoms with Crippen molar-refractivity contribution in [3.63, 3.8) is 0 Å². The van der Waals surface area contributed by atoms with Gasteiger partial charge in [0.1, 0.15) is 5.79 Å². The molecule has 0 radical (unpaired) electrons. The minimum atomic E-state index is -0.286. The third-order valence-corrected chi connectivity index (χ3v) is 3.02. The largest absolute Gasteiger partial charge is 0.345 e. The molecule has 20 heavy (non-hydrogen) atoms. The van der Waals surface area contributed by atoms with Crippen molar-refractivity contribution in [3.8, 4) is 0 Å². The third kappa shape index (κ3) is 9.88. The van der Waals surface area contributed by atoms with Gasteiger partial charge in [-0.05, 0) is 68.9 Å². The summed E-state index contributed by atoms with van der Waals surface area (Å²) < 4.78 is 0. The first-order valence-corrected chi connectivity index (χ1v) is 8.71. The molecule has 0 unspecified atom stereocenters. The first kappa shape index (κ1) is 20.1. The molecule has 0 fully saturated rings. The molecule has 0 saturated carbocycles. The van der Waals surface area contributed by atoms with E-state index in [1.165, 1.54) is 0 Å². The number of hydrogen-bond donors (Lipinski definition) is 4. The van der Waals surface area contributed by atoms with E-state index < -0.39 is 0 Å². The van der Waals surface area contributed by atoms with Crippen molar-refractivity contribution in [1.82, 2.24) is 20.9 Å². The molecular weight excluding hydrogens is 264 g/mol. The van der Waals surface area contributed by atoms with Crippen molar-refractivity contribution in [1.29, 1.82) is 0 Å². The van der Waals surface area contributed by atoms with Crippen LogP contribution >= 0.6 is 0 Å². The van der Waals surface area contributed by atoms with Gasteiger partial charge >= 0.3 is 0 Å². The van der Waals surface area contributed by atoms with Gasteiger partial charge < -0.3 is 4.98 Å². The molecule has 0 amide bonds. The minimum Gasteiger partial charge on any atom is -0.345 e. The van der Waals surface area contributed by atoms with Gasteiger partial charge in [0, 0.05) is 23.0 Å². The van der Waals surface area contributed by atoms with E-state index in [0.29, 0.717) is 0 Å². The van der Waals surface area contributed by atoms with Crippen molar-refractivity contribution in [2.45, 2.75) is 91.1 Å². The van der Waals surface area contributed by atoms with Crippen LogP contribution in [0.25, 0.3) is 0 Å². The monoisotopic (exact) mass is 302 g/mol. The fourth-order valence-electron chi connectivity index (χ4n) is 2.51. The zero-order valence-electron chi connectivity index (χ0n) is 15.4. The van der Waals surface area contributed by atoms with Gasteiger partial charge in [0.05, 0.1) is 10.4 Å². The summed E-state index contributed by atoms with van der Waals surface area (Å²) in [6.07, 6.45) is 0.988. The summed E-state index contributed by atoms with van der Waals surface area (Å²) in [4.78, 5) is 3.40. The zero-order valence-corrected chi connectivity index (χ0v) is 17.4. The highest BCUT2D eigenvalue weighted by Gasteiger charge is 2.38. The molecule has 0 atom stereocenters. The Morgan fingerprint density at radius 1 is 0.650 bits per heavy atom. The molecule has 0 aromatic rings. The van der Waals surface area contributed by atoms with E-state index in [4.69, 9.17) is 0 Å². The Bertz CT molecular complexity index is 243. The van der Waals surface area contributed by atoms with Crippen LogP contribution in [0.1, 0.15) is 68.7 Å². The lowest BCUT2D eigenvalue weighted by Crippen LogP contribution is -2.76. The van der Waals surface area contributed by atoms with Gasteiger partial charge in [-0.15, -0.1) is 0 Å². The van der Waals surface area contributed by atoms with E-state index in [0.717, 1.165) is 23.4 Å². The zero-order chi connectivity index (χ0) is 16.2. The summed E-state index contributed by atoms with van der Waals surface area (Å²) in [5, 5.41) is 11.3. The normalized spacial score (nSPS) is 14.8. The molecule has 0 aromatic carbocycles. The quantitative estimate of drug-likeness (QED) is 0.438. The van der Waals surface area contributed by atoms with Gasteiger partial charge in [-0.25, -0.2) is 0 Å². The SMILES string of the molecule is CC(C)(C)NC(CCN[SiH3])(NC(C)(C)C)NC(C)(C)C. The highest BCUT2D eigenvalue weighted by Crippen LogP contribution is 2.18. The molecule has 0 aliphatic carbocycles. The standard InChI is InChI=1S/C15H38N4Si/c1-12(2,3)17-15(10-11-16-20,18-13(4,5)6)19-14(7,8)9/h16-19H,10-11H2,1-9,20H3. The van der Waals surface area contributed by atoms with E-state index in [9.17, 15) is 0 Å². The van der Waals surface area contributed by atoms with Crippen LogP contribution in [0.5, 0.6) is 0 Å². The van der Waals surface area contributed by atoms with Crippen LogP contribution in [-0.2, 0) is 0 Å². The van der Waals surface area contributed by atoms with Crippen LogP contribution in [0.4, 0.5) is 0 Å². The minimum absolute atomic E-state index is 0.0294. The summed E-state index contributed by atoms with van der Waals surface area (Å²) in [6.45, 7) is 20.9. The molecule has 0 spiro atoms. The highest BCUT2D eigenvalue weighted by atomic mass is 28.2. The second-order valence-corrected chi connectivity index (χ2v) is 9.59. The van der Waals surface area contributed by atoms with Crippen molar-refractivity contribution in [2.75, 3.05) is 6.54 Å². The summed E-state index contributed by atoms with van der Waals surface area (Å²) in [5.41, 5.74) is 0.0883. The predicted molar refractivity (Wildman–Crippen MR) is 94.0 cm³/mol. The Morgan fingerprint density at radius 2 is 0.950 bits per heavy atom. The maximum atomic E-state index is 3.77. The smallest absolute Gasteiger partial charge is 0.125 e. The maximum Gasteiger partial charge on any atom is 0.125 e. The Morgan fingerprint density at radius 3 is 1.15 bits per heavy atom.